The van der Waals surface area contributed by atoms with Crippen LogP contribution in [0.15, 0.2) is 41.3 Å². The third kappa shape index (κ3) is 4.14. The van der Waals surface area contributed by atoms with Gasteiger partial charge in [-0.1, -0.05) is 31.5 Å². The zero-order valence-electron chi connectivity index (χ0n) is 14.6. The van der Waals surface area contributed by atoms with Crippen molar-refractivity contribution in [2.45, 2.75) is 25.7 Å². The average Bonchev–Trinajstić information content (AvgIpc) is 2.59. The van der Waals surface area contributed by atoms with Crippen LogP contribution in [0, 0.1) is 17.0 Å². The summed E-state index contributed by atoms with van der Waals surface area (Å²) >= 11 is 6.06. The fourth-order valence-electron chi connectivity index (χ4n) is 2.41. The van der Waals surface area contributed by atoms with Crippen molar-refractivity contribution >= 4 is 27.3 Å². The van der Waals surface area contributed by atoms with Crippen LogP contribution in [0.25, 0.3) is 0 Å². The second-order valence-electron chi connectivity index (χ2n) is 5.51. The topological polar surface area (TPSA) is 89.8 Å². The van der Waals surface area contributed by atoms with Crippen molar-refractivity contribution in [2.75, 3.05) is 13.1 Å². The van der Waals surface area contributed by atoms with Crippen molar-refractivity contribution in [3.05, 3.63) is 57.1 Å². The van der Waals surface area contributed by atoms with Crippen molar-refractivity contribution in [2.24, 2.45) is 0 Å². The van der Waals surface area contributed by atoms with Crippen LogP contribution in [0.1, 0.15) is 19.4 Å². The first kappa shape index (κ1) is 20.2. The van der Waals surface area contributed by atoms with Gasteiger partial charge in [0.1, 0.15) is 5.75 Å². The Morgan fingerprint density at radius 2 is 1.77 bits per heavy atom. The Kier molecular flexibility index (Phi) is 6.22. The van der Waals surface area contributed by atoms with Crippen molar-refractivity contribution in [3.8, 4) is 11.5 Å². The molecule has 0 amide bonds. The molecule has 0 unspecified atom stereocenters. The maximum atomic E-state index is 12.6. The van der Waals surface area contributed by atoms with Crippen molar-refractivity contribution in [1.82, 2.24) is 4.31 Å². The Hall–Kier alpha value is -2.16. The van der Waals surface area contributed by atoms with Crippen molar-refractivity contribution in [1.29, 1.82) is 0 Å². The van der Waals surface area contributed by atoms with Gasteiger partial charge in [-0.2, -0.15) is 4.31 Å². The highest BCUT2D eigenvalue weighted by Crippen LogP contribution is 2.37. The number of rotatable bonds is 7. The number of halogens is 1. The Labute approximate surface area is 157 Å². The summed E-state index contributed by atoms with van der Waals surface area (Å²) in [6.45, 7) is 5.77. The summed E-state index contributed by atoms with van der Waals surface area (Å²) in [7, 11) is -3.81. The van der Waals surface area contributed by atoms with Gasteiger partial charge < -0.3 is 4.74 Å². The van der Waals surface area contributed by atoms with Gasteiger partial charge in [0, 0.05) is 19.2 Å². The number of aryl methyl sites for hydroxylation is 1. The van der Waals surface area contributed by atoms with Crippen LogP contribution in [0.4, 0.5) is 5.69 Å². The third-order valence-electron chi connectivity index (χ3n) is 3.78. The standard InChI is InChI=1S/C17H19ClN2O5S/c1-4-19(5-2)26(23,24)13-7-9-16(15(11-13)20(21)22)25-17-10-12(3)6-8-14(17)18/h6-11H,4-5H2,1-3H3. The Bertz CT molecular complexity index is 927. The molecule has 0 aliphatic carbocycles. The first-order valence-corrected chi connectivity index (χ1v) is 9.75. The minimum atomic E-state index is -3.81. The molecule has 2 aromatic rings. The van der Waals surface area contributed by atoms with Crippen LogP contribution >= 0.6 is 11.6 Å². The van der Waals surface area contributed by atoms with E-state index < -0.39 is 20.6 Å². The highest BCUT2D eigenvalue weighted by molar-refractivity contribution is 7.89. The van der Waals surface area contributed by atoms with Gasteiger partial charge in [-0.25, -0.2) is 8.42 Å². The van der Waals surface area contributed by atoms with Crippen LogP contribution in [0.2, 0.25) is 5.02 Å². The molecule has 26 heavy (non-hydrogen) atoms. The predicted molar refractivity (Wildman–Crippen MR) is 99.5 cm³/mol. The van der Waals surface area contributed by atoms with E-state index in [-0.39, 0.29) is 29.5 Å². The highest BCUT2D eigenvalue weighted by atomic mass is 35.5. The molecule has 2 rings (SSSR count). The number of benzene rings is 2. The Morgan fingerprint density at radius 3 is 2.35 bits per heavy atom. The van der Waals surface area contributed by atoms with Gasteiger partial charge in [0.05, 0.1) is 14.8 Å². The number of nitro benzene ring substituents is 1. The normalized spacial score (nSPS) is 11.6. The van der Waals surface area contributed by atoms with Gasteiger partial charge in [-0.3, -0.25) is 10.1 Å². The average molecular weight is 399 g/mol. The summed E-state index contributed by atoms with van der Waals surface area (Å²) in [4.78, 5) is 10.6. The van der Waals surface area contributed by atoms with E-state index in [4.69, 9.17) is 16.3 Å². The molecule has 0 aromatic heterocycles. The lowest BCUT2D eigenvalue weighted by Gasteiger charge is -2.18. The summed E-state index contributed by atoms with van der Waals surface area (Å²) in [6, 6.07) is 8.62. The van der Waals surface area contributed by atoms with Gasteiger partial charge in [0.2, 0.25) is 15.8 Å². The molecule has 0 spiro atoms. The van der Waals surface area contributed by atoms with Gasteiger partial charge in [0.25, 0.3) is 0 Å². The summed E-state index contributed by atoms with van der Waals surface area (Å²) in [5.74, 6) is 0.176. The minimum Gasteiger partial charge on any atom is -0.449 e. The van der Waals surface area contributed by atoms with Gasteiger partial charge in [0.15, 0.2) is 0 Å². The fraction of sp³-hybridized carbons (Fsp3) is 0.294. The third-order valence-corrected chi connectivity index (χ3v) is 6.14. The molecule has 0 heterocycles. The molecule has 9 heteroatoms. The van der Waals surface area contributed by atoms with Crippen LogP contribution in [0.3, 0.4) is 0 Å². The molecule has 0 radical (unpaired) electrons. The second kappa shape index (κ2) is 8.03. The van der Waals surface area contributed by atoms with Gasteiger partial charge in [-0.15, -0.1) is 0 Å². The molecule has 0 bridgehead atoms. The molecule has 0 aliphatic heterocycles. The van der Waals surface area contributed by atoms with E-state index in [2.05, 4.69) is 0 Å². The lowest BCUT2D eigenvalue weighted by molar-refractivity contribution is -0.385. The van der Waals surface area contributed by atoms with Crippen LogP contribution < -0.4 is 4.74 Å². The minimum absolute atomic E-state index is 0.0824. The summed E-state index contributed by atoms with van der Waals surface area (Å²) in [5.41, 5.74) is 0.420. The number of hydrogen-bond acceptors (Lipinski definition) is 5. The zero-order chi connectivity index (χ0) is 19.5. The zero-order valence-corrected chi connectivity index (χ0v) is 16.2. The van der Waals surface area contributed by atoms with E-state index >= 15 is 0 Å². The summed E-state index contributed by atoms with van der Waals surface area (Å²) < 4.78 is 32.0. The predicted octanol–water partition coefficient (Wildman–Crippen LogP) is 4.38. The van der Waals surface area contributed by atoms with Gasteiger partial charge >= 0.3 is 5.69 Å². The molecule has 0 saturated heterocycles. The van der Waals surface area contributed by atoms with Crippen molar-refractivity contribution in [3.63, 3.8) is 0 Å². The first-order chi connectivity index (χ1) is 12.2. The monoisotopic (exact) mass is 398 g/mol. The summed E-state index contributed by atoms with van der Waals surface area (Å²) in [5, 5.41) is 11.7. The van der Waals surface area contributed by atoms with E-state index in [0.717, 1.165) is 11.6 Å². The number of ether oxygens (including phenoxy) is 1. The summed E-state index contributed by atoms with van der Waals surface area (Å²) in [6.07, 6.45) is 0. The molecule has 7 nitrogen and oxygen atoms in total. The maximum Gasteiger partial charge on any atom is 0.312 e. The maximum absolute atomic E-state index is 12.6. The lowest BCUT2D eigenvalue weighted by atomic mass is 10.2. The largest absolute Gasteiger partial charge is 0.449 e. The van der Waals surface area contributed by atoms with E-state index in [0.29, 0.717) is 5.02 Å². The SMILES string of the molecule is CCN(CC)S(=O)(=O)c1ccc(Oc2cc(C)ccc2Cl)c([N+](=O)[O-])c1. The first-order valence-electron chi connectivity index (χ1n) is 7.93. The van der Waals surface area contributed by atoms with E-state index in [1.807, 2.05) is 6.92 Å². The fourth-order valence-corrected chi connectivity index (χ4v) is 4.04. The molecule has 140 valence electrons. The van der Waals surface area contributed by atoms with Crippen LogP contribution in [-0.2, 0) is 10.0 Å². The molecule has 0 N–H and O–H groups in total. The number of nitro groups is 1. The molecular weight excluding hydrogens is 380 g/mol. The van der Waals surface area contributed by atoms with E-state index in [9.17, 15) is 18.5 Å². The van der Waals surface area contributed by atoms with Crippen LogP contribution in [0.5, 0.6) is 11.5 Å². The molecule has 0 atom stereocenters. The van der Waals surface area contributed by atoms with E-state index in [1.54, 1.807) is 32.0 Å². The quantitative estimate of drug-likeness (QED) is 0.510. The molecule has 2 aromatic carbocycles. The molecule has 0 aliphatic rings. The Balaban J connectivity index is 2.50. The molecule has 0 fully saturated rings. The van der Waals surface area contributed by atoms with E-state index in [1.165, 1.54) is 16.4 Å². The molecule has 0 saturated carbocycles. The van der Waals surface area contributed by atoms with Crippen molar-refractivity contribution < 1.29 is 18.1 Å². The van der Waals surface area contributed by atoms with Gasteiger partial charge in [-0.05, 0) is 36.8 Å². The second-order valence-corrected chi connectivity index (χ2v) is 7.86. The highest BCUT2D eigenvalue weighted by Gasteiger charge is 2.26. The Morgan fingerprint density at radius 1 is 1.12 bits per heavy atom. The smallest absolute Gasteiger partial charge is 0.312 e. The number of hydrogen-bond donors (Lipinski definition) is 0. The number of sulfonamides is 1. The lowest BCUT2D eigenvalue weighted by Crippen LogP contribution is -2.30. The molecular formula is C17H19ClN2O5S. The number of nitrogens with zero attached hydrogens (tertiary/aromatic N) is 2. The van der Waals surface area contributed by atoms with Crippen LogP contribution in [-0.4, -0.2) is 30.7 Å².